The zero-order valence-electron chi connectivity index (χ0n) is 17.8. The SMILES string of the molecule is O=C(CCn1ccc(=O)[nH]c1=O)Nc1cccc(-c2ccc(N3CCCCCC3)nn2)c1. The van der Waals surface area contributed by atoms with Crippen molar-refractivity contribution in [1.29, 1.82) is 0 Å². The average Bonchev–Trinajstić information content (AvgIpc) is 3.08. The van der Waals surface area contributed by atoms with Crippen LogP contribution in [0.3, 0.4) is 0 Å². The Kier molecular flexibility index (Phi) is 6.74. The molecule has 1 amide bonds. The van der Waals surface area contributed by atoms with Crippen molar-refractivity contribution in [2.24, 2.45) is 0 Å². The first-order valence-electron chi connectivity index (χ1n) is 10.9. The van der Waals surface area contributed by atoms with Gasteiger partial charge >= 0.3 is 5.69 Å². The lowest BCUT2D eigenvalue weighted by Gasteiger charge is -2.20. The number of hydrogen-bond acceptors (Lipinski definition) is 6. The molecule has 3 heterocycles. The summed E-state index contributed by atoms with van der Waals surface area (Å²) in [6.07, 6.45) is 6.37. The van der Waals surface area contributed by atoms with Gasteiger partial charge in [-0.2, -0.15) is 0 Å². The fourth-order valence-corrected chi connectivity index (χ4v) is 3.77. The minimum absolute atomic E-state index is 0.0977. The van der Waals surface area contributed by atoms with Crippen LogP contribution in [0.2, 0.25) is 0 Å². The lowest BCUT2D eigenvalue weighted by molar-refractivity contribution is -0.116. The molecule has 32 heavy (non-hydrogen) atoms. The topological polar surface area (TPSA) is 113 Å². The normalized spacial score (nSPS) is 14.1. The van der Waals surface area contributed by atoms with E-state index in [9.17, 15) is 14.4 Å². The average molecular weight is 435 g/mol. The molecule has 0 bridgehead atoms. The van der Waals surface area contributed by atoms with Crippen LogP contribution in [0.4, 0.5) is 11.5 Å². The van der Waals surface area contributed by atoms with E-state index in [0.717, 1.165) is 30.2 Å². The van der Waals surface area contributed by atoms with Gasteiger partial charge in [0.25, 0.3) is 5.56 Å². The Labute approximate surface area is 185 Å². The molecule has 0 saturated carbocycles. The highest BCUT2D eigenvalue weighted by atomic mass is 16.2. The number of aromatic amines is 1. The molecule has 0 radical (unpaired) electrons. The van der Waals surface area contributed by atoms with E-state index >= 15 is 0 Å². The monoisotopic (exact) mass is 434 g/mol. The predicted octanol–water partition coefficient (Wildman–Crippen LogP) is 2.40. The molecule has 4 rings (SSSR count). The maximum Gasteiger partial charge on any atom is 0.328 e. The Balaban J connectivity index is 1.39. The van der Waals surface area contributed by atoms with Crippen molar-refractivity contribution in [1.82, 2.24) is 19.7 Å². The van der Waals surface area contributed by atoms with Crippen LogP contribution in [0.15, 0.2) is 58.3 Å². The van der Waals surface area contributed by atoms with Crippen molar-refractivity contribution >= 4 is 17.4 Å². The third-order valence-corrected chi connectivity index (χ3v) is 5.50. The Hall–Kier alpha value is -3.75. The molecule has 1 aromatic carbocycles. The molecule has 1 saturated heterocycles. The van der Waals surface area contributed by atoms with Crippen LogP contribution >= 0.6 is 0 Å². The van der Waals surface area contributed by atoms with E-state index in [1.165, 1.54) is 42.5 Å². The summed E-state index contributed by atoms with van der Waals surface area (Å²) in [5.41, 5.74) is 1.23. The summed E-state index contributed by atoms with van der Waals surface area (Å²) in [5.74, 6) is 0.667. The number of H-pyrrole nitrogens is 1. The van der Waals surface area contributed by atoms with Gasteiger partial charge in [-0.1, -0.05) is 25.0 Å². The Morgan fingerprint density at radius 1 is 1.00 bits per heavy atom. The van der Waals surface area contributed by atoms with Gasteiger partial charge in [0.05, 0.1) is 5.69 Å². The first kappa shape index (κ1) is 21.5. The molecule has 9 nitrogen and oxygen atoms in total. The highest BCUT2D eigenvalue weighted by Crippen LogP contribution is 2.23. The first-order chi connectivity index (χ1) is 15.6. The van der Waals surface area contributed by atoms with Crippen molar-refractivity contribution < 1.29 is 4.79 Å². The van der Waals surface area contributed by atoms with Crippen molar-refractivity contribution in [3.63, 3.8) is 0 Å². The number of carbonyl (C=O) groups excluding carboxylic acids is 1. The van der Waals surface area contributed by atoms with Gasteiger partial charge in [-0.25, -0.2) is 4.79 Å². The molecule has 1 aliphatic rings. The maximum absolute atomic E-state index is 12.3. The van der Waals surface area contributed by atoms with Crippen molar-refractivity contribution in [3.05, 3.63) is 69.5 Å². The molecule has 2 N–H and O–H groups in total. The van der Waals surface area contributed by atoms with Crippen LogP contribution in [-0.2, 0) is 11.3 Å². The van der Waals surface area contributed by atoms with Crippen LogP contribution in [0, 0.1) is 0 Å². The summed E-state index contributed by atoms with van der Waals surface area (Å²) >= 11 is 0. The molecule has 2 aromatic heterocycles. The highest BCUT2D eigenvalue weighted by molar-refractivity contribution is 5.91. The molecule has 1 aliphatic heterocycles. The second kappa shape index (κ2) is 10.0. The molecule has 0 aliphatic carbocycles. The standard InChI is InChI=1S/C23H26N6O3/c30-21(10-14-29-15-11-22(31)25-23(29)32)24-18-7-5-6-17(16-18)19-8-9-20(27-26-19)28-12-3-1-2-4-13-28/h5-9,11,15-16H,1-4,10,12-14H2,(H,24,30)(H,25,31,32). The minimum Gasteiger partial charge on any atom is -0.355 e. The zero-order valence-corrected chi connectivity index (χ0v) is 17.8. The third kappa shape index (κ3) is 5.48. The lowest BCUT2D eigenvalue weighted by Crippen LogP contribution is -2.29. The number of rotatable bonds is 6. The molecular formula is C23H26N6O3. The summed E-state index contributed by atoms with van der Waals surface area (Å²) in [6, 6.07) is 12.6. The number of amides is 1. The van der Waals surface area contributed by atoms with E-state index < -0.39 is 11.2 Å². The molecule has 3 aromatic rings. The van der Waals surface area contributed by atoms with Crippen molar-refractivity contribution in [2.75, 3.05) is 23.3 Å². The van der Waals surface area contributed by atoms with Crippen LogP contribution in [-0.4, -0.2) is 38.7 Å². The van der Waals surface area contributed by atoms with Gasteiger partial charge in [-0.15, -0.1) is 10.2 Å². The lowest BCUT2D eigenvalue weighted by atomic mass is 10.1. The van der Waals surface area contributed by atoms with Crippen molar-refractivity contribution in [3.8, 4) is 11.3 Å². The Morgan fingerprint density at radius 3 is 2.53 bits per heavy atom. The number of carbonyl (C=O) groups is 1. The second-order valence-corrected chi connectivity index (χ2v) is 7.86. The number of nitrogens with one attached hydrogen (secondary N) is 2. The quantitative estimate of drug-likeness (QED) is 0.616. The van der Waals surface area contributed by atoms with E-state index in [1.807, 2.05) is 30.3 Å². The van der Waals surface area contributed by atoms with Gasteiger partial charge in [-0.05, 0) is 37.1 Å². The second-order valence-electron chi connectivity index (χ2n) is 7.86. The molecule has 9 heteroatoms. The van der Waals surface area contributed by atoms with E-state index in [1.54, 1.807) is 6.07 Å². The van der Waals surface area contributed by atoms with E-state index in [-0.39, 0.29) is 18.9 Å². The van der Waals surface area contributed by atoms with E-state index in [0.29, 0.717) is 5.69 Å². The van der Waals surface area contributed by atoms with Gasteiger partial charge < -0.3 is 14.8 Å². The van der Waals surface area contributed by atoms with Crippen LogP contribution in [0.5, 0.6) is 0 Å². The van der Waals surface area contributed by atoms with Gasteiger partial charge in [0.1, 0.15) is 0 Å². The summed E-state index contributed by atoms with van der Waals surface area (Å²) in [6.45, 7) is 2.20. The van der Waals surface area contributed by atoms with Gasteiger partial charge in [-0.3, -0.25) is 14.6 Å². The number of anilines is 2. The molecule has 0 unspecified atom stereocenters. The zero-order chi connectivity index (χ0) is 22.3. The van der Waals surface area contributed by atoms with Gasteiger partial charge in [0.2, 0.25) is 5.91 Å². The fourth-order valence-electron chi connectivity index (χ4n) is 3.77. The highest BCUT2D eigenvalue weighted by Gasteiger charge is 2.12. The Morgan fingerprint density at radius 2 is 1.81 bits per heavy atom. The third-order valence-electron chi connectivity index (χ3n) is 5.50. The summed E-state index contributed by atoms with van der Waals surface area (Å²) in [4.78, 5) is 39.6. The van der Waals surface area contributed by atoms with Gasteiger partial charge in [0, 0.05) is 49.6 Å². The maximum atomic E-state index is 12.3. The summed E-state index contributed by atoms with van der Waals surface area (Å²) in [5, 5.41) is 11.7. The number of aryl methyl sites for hydroxylation is 1. The number of hydrogen-bond donors (Lipinski definition) is 2. The molecule has 0 atom stereocenters. The van der Waals surface area contributed by atoms with Crippen LogP contribution in [0.1, 0.15) is 32.1 Å². The summed E-state index contributed by atoms with van der Waals surface area (Å²) in [7, 11) is 0. The Bertz CT molecular complexity index is 1180. The largest absolute Gasteiger partial charge is 0.355 e. The number of benzene rings is 1. The van der Waals surface area contributed by atoms with Crippen LogP contribution in [0.25, 0.3) is 11.3 Å². The van der Waals surface area contributed by atoms with E-state index in [4.69, 9.17) is 0 Å². The molecule has 166 valence electrons. The predicted molar refractivity (Wildman–Crippen MR) is 123 cm³/mol. The molecular weight excluding hydrogens is 408 g/mol. The van der Waals surface area contributed by atoms with Crippen molar-refractivity contribution in [2.45, 2.75) is 38.6 Å². The number of aromatic nitrogens is 4. The van der Waals surface area contributed by atoms with Crippen LogP contribution < -0.4 is 21.5 Å². The number of nitrogens with zero attached hydrogens (tertiary/aromatic N) is 4. The van der Waals surface area contributed by atoms with E-state index in [2.05, 4.69) is 25.4 Å². The molecule has 0 spiro atoms. The fraction of sp³-hybridized carbons (Fsp3) is 0.348. The molecule has 1 fully saturated rings. The minimum atomic E-state index is -0.533. The first-order valence-corrected chi connectivity index (χ1v) is 10.9. The van der Waals surface area contributed by atoms with Gasteiger partial charge in [0.15, 0.2) is 5.82 Å². The smallest absolute Gasteiger partial charge is 0.328 e. The summed E-state index contributed by atoms with van der Waals surface area (Å²) < 4.78 is 1.29.